The molecule has 0 atom stereocenters. The molecule has 7 heteroatoms. The molecule has 0 saturated heterocycles. The van der Waals surface area contributed by atoms with Gasteiger partial charge in [-0.2, -0.15) is 0 Å². The first-order valence-corrected chi connectivity index (χ1v) is 9.81. The lowest BCUT2D eigenvalue weighted by atomic mass is 9.92. The van der Waals surface area contributed by atoms with Crippen LogP contribution in [-0.4, -0.2) is 29.7 Å². The summed E-state index contributed by atoms with van der Waals surface area (Å²) in [6, 6.07) is 10.8. The quantitative estimate of drug-likeness (QED) is 0.786. The van der Waals surface area contributed by atoms with Crippen LogP contribution in [0, 0.1) is 0 Å². The average molecular weight is 345 g/mol. The number of nitrogens with zero attached hydrogens (tertiary/aromatic N) is 2. The van der Waals surface area contributed by atoms with Crippen molar-refractivity contribution < 1.29 is 8.42 Å². The van der Waals surface area contributed by atoms with E-state index in [0.717, 1.165) is 16.0 Å². The number of hydrogen-bond acceptors (Lipinski definition) is 6. The van der Waals surface area contributed by atoms with Crippen LogP contribution in [0.2, 0.25) is 0 Å². The molecule has 0 radical (unpaired) electrons. The summed E-state index contributed by atoms with van der Waals surface area (Å²) in [6.07, 6.45) is 2.75. The third-order valence-electron chi connectivity index (χ3n) is 4.21. The Morgan fingerprint density at radius 2 is 1.87 bits per heavy atom. The van der Waals surface area contributed by atoms with Crippen LogP contribution in [-0.2, 0) is 9.84 Å². The van der Waals surface area contributed by atoms with Gasteiger partial charge in [0.15, 0.2) is 9.84 Å². The summed E-state index contributed by atoms with van der Waals surface area (Å²) in [5, 5.41) is 6.01. The SMILES string of the molecule is O=S(=O)(c1ccccc1)C1CC(Nc2ncnc3sccc23)C1. The van der Waals surface area contributed by atoms with Gasteiger partial charge in [0, 0.05) is 6.04 Å². The molecule has 0 amide bonds. The van der Waals surface area contributed by atoms with Gasteiger partial charge < -0.3 is 5.32 Å². The number of nitrogens with one attached hydrogen (secondary N) is 1. The summed E-state index contributed by atoms with van der Waals surface area (Å²) >= 11 is 1.57. The van der Waals surface area contributed by atoms with Gasteiger partial charge in [-0.1, -0.05) is 18.2 Å². The fourth-order valence-corrected chi connectivity index (χ4v) is 5.46. The monoisotopic (exact) mass is 345 g/mol. The van der Waals surface area contributed by atoms with Crippen molar-refractivity contribution in [2.45, 2.75) is 29.0 Å². The van der Waals surface area contributed by atoms with Crippen molar-refractivity contribution in [2.24, 2.45) is 0 Å². The van der Waals surface area contributed by atoms with E-state index in [4.69, 9.17) is 0 Å². The minimum Gasteiger partial charge on any atom is -0.367 e. The van der Waals surface area contributed by atoms with Gasteiger partial charge >= 0.3 is 0 Å². The van der Waals surface area contributed by atoms with Crippen molar-refractivity contribution in [1.82, 2.24) is 9.97 Å². The third-order valence-corrected chi connectivity index (χ3v) is 7.22. The molecule has 4 rings (SSSR count). The van der Waals surface area contributed by atoms with E-state index in [1.54, 1.807) is 35.6 Å². The zero-order valence-corrected chi connectivity index (χ0v) is 13.8. The lowest BCUT2D eigenvalue weighted by Crippen LogP contribution is -2.44. The molecule has 1 fully saturated rings. The Morgan fingerprint density at radius 1 is 1.09 bits per heavy atom. The molecule has 0 unspecified atom stereocenters. The van der Waals surface area contributed by atoms with E-state index in [9.17, 15) is 8.42 Å². The molecule has 1 N–H and O–H groups in total. The molecule has 2 aromatic heterocycles. The smallest absolute Gasteiger partial charge is 0.181 e. The molecule has 1 aliphatic carbocycles. The van der Waals surface area contributed by atoms with Crippen LogP contribution in [0.1, 0.15) is 12.8 Å². The molecule has 2 heterocycles. The molecule has 0 aliphatic heterocycles. The first-order chi connectivity index (χ1) is 11.1. The van der Waals surface area contributed by atoms with Gasteiger partial charge in [0.1, 0.15) is 17.0 Å². The molecule has 1 saturated carbocycles. The van der Waals surface area contributed by atoms with E-state index in [1.807, 2.05) is 17.5 Å². The maximum atomic E-state index is 12.5. The van der Waals surface area contributed by atoms with Gasteiger partial charge in [-0.3, -0.25) is 0 Å². The number of hydrogen-bond donors (Lipinski definition) is 1. The van der Waals surface area contributed by atoms with Crippen LogP contribution in [0.3, 0.4) is 0 Å². The Morgan fingerprint density at radius 3 is 2.65 bits per heavy atom. The standard InChI is InChI=1S/C16H15N3O2S2/c20-23(21,12-4-2-1-3-5-12)13-8-11(9-13)19-15-14-6-7-22-16(14)18-10-17-15/h1-7,10-11,13H,8-9H2,(H,17,18,19). The van der Waals surface area contributed by atoms with Crippen LogP contribution in [0.25, 0.3) is 10.2 Å². The highest BCUT2D eigenvalue weighted by atomic mass is 32.2. The first-order valence-electron chi connectivity index (χ1n) is 7.38. The van der Waals surface area contributed by atoms with Gasteiger partial charge in [-0.25, -0.2) is 18.4 Å². The predicted molar refractivity (Wildman–Crippen MR) is 91.5 cm³/mol. The summed E-state index contributed by atoms with van der Waals surface area (Å²) in [7, 11) is -3.23. The summed E-state index contributed by atoms with van der Waals surface area (Å²) in [5.74, 6) is 0.789. The minimum absolute atomic E-state index is 0.136. The van der Waals surface area contributed by atoms with Crippen molar-refractivity contribution in [2.75, 3.05) is 5.32 Å². The van der Waals surface area contributed by atoms with E-state index in [1.165, 1.54) is 6.33 Å². The minimum atomic E-state index is -3.23. The second-order valence-electron chi connectivity index (χ2n) is 5.65. The maximum absolute atomic E-state index is 12.5. The van der Waals surface area contributed by atoms with Gasteiger partial charge in [0.25, 0.3) is 0 Å². The van der Waals surface area contributed by atoms with Gasteiger partial charge in [0.05, 0.1) is 15.5 Å². The highest BCUT2D eigenvalue weighted by molar-refractivity contribution is 7.92. The zero-order chi connectivity index (χ0) is 15.9. The second kappa shape index (κ2) is 5.58. The number of sulfone groups is 1. The molecular formula is C16H15N3O2S2. The van der Waals surface area contributed by atoms with Gasteiger partial charge in [-0.05, 0) is 36.4 Å². The summed E-state index contributed by atoms with van der Waals surface area (Å²) in [6.45, 7) is 0. The lowest BCUT2D eigenvalue weighted by molar-refractivity contribution is 0.432. The van der Waals surface area contributed by atoms with Crippen LogP contribution < -0.4 is 5.32 Å². The van der Waals surface area contributed by atoms with Gasteiger partial charge in [-0.15, -0.1) is 11.3 Å². The molecule has 0 spiro atoms. The molecule has 0 bridgehead atoms. The van der Waals surface area contributed by atoms with Crippen molar-refractivity contribution >= 4 is 37.2 Å². The van der Waals surface area contributed by atoms with Crippen LogP contribution >= 0.6 is 11.3 Å². The number of thiophene rings is 1. The summed E-state index contributed by atoms with van der Waals surface area (Å²) < 4.78 is 25.1. The summed E-state index contributed by atoms with van der Waals surface area (Å²) in [5.41, 5.74) is 0. The Bertz CT molecular complexity index is 932. The largest absolute Gasteiger partial charge is 0.367 e. The number of rotatable bonds is 4. The normalized spacial score (nSPS) is 21.0. The van der Waals surface area contributed by atoms with Crippen molar-refractivity contribution in [1.29, 1.82) is 0 Å². The number of fused-ring (bicyclic) bond motifs is 1. The Hall–Kier alpha value is -1.99. The van der Waals surface area contributed by atoms with Crippen molar-refractivity contribution in [3.63, 3.8) is 0 Å². The molecule has 118 valence electrons. The zero-order valence-electron chi connectivity index (χ0n) is 12.2. The third kappa shape index (κ3) is 2.60. The Balaban J connectivity index is 1.47. The molecular weight excluding hydrogens is 330 g/mol. The van der Waals surface area contributed by atoms with E-state index in [-0.39, 0.29) is 11.3 Å². The second-order valence-corrected chi connectivity index (χ2v) is 8.78. The average Bonchev–Trinajstić information content (AvgIpc) is 3.00. The Labute approximate surface area is 138 Å². The maximum Gasteiger partial charge on any atom is 0.181 e. The van der Waals surface area contributed by atoms with E-state index < -0.39 is 9.84 Å². The van der Waals surface area contributed by atoms with Crippen LogP contribution in [0.5, 0.6) is 0 Å². The summed E-state index contributed by atoms with van der Waals surface area (Å²) in [4.78, 5) is 9.85. The fourth-order valence-electron chi connectivity index (χ4n) is 2.84. The topological polar surface area (TPSA) is 72.0 Å². The number of anilines is 1. The van der Waals surface area contributed by atoms with E-state index in [0.29, 0.717) is 17.7 Å². The molecule has 23 heavy (non-hydrogen) atoms. The fraction of sp³-hybridized carbons (Fsp3) is 0.250. The molecule has 5 nitrogen and oxygen atoms in total. The van der Waals surface area contributed by atoms with E-state index >= 15 is 0 Å². The molecule has 1 aromatic carbocycles. The van der Waals surface area contributed by atoms with E-state index in [2.05, 4.69) is 15.3 Å². The van der Waals surface area contributed by atoms with Crippen molar-refractivity contribution in [3.8, 4) is 0 Å². The van der Waals surface area contributed by atoms with Gasteiger partial charge in [0.2, 0.25) is 0 Å². The lowest BCUT2D eigenvalue weighted by Gasteiger charge is -2.35. The molecule has 3 aromatic rings. The first kappa shape index (κ1) is 14.6. The molecule has 1 aliphatic rings. The van der Waals surface area contributed by atoms with Crippen LogP contribution in [0.15, 0.2) is 53.0 Å². The number of benzene rings is 1. The highest BCUT2D eigenvalue weighted by Crippen LogP contribution is 2.34. The Kier molecular flexibility index (Phi) is 3.54. The highest BCUT2D eigenvalue weighted by Gasteiger charge is 2.39. The van der Waals surface area contributed by atoms with Crippen LogP contribution in [0.4, 0.5) is 5.82 Å². The predicted octanol–water partition coefficient (Wildman–Crippen LogP) is 3.11. The number of aromatic nitrogens is 2. The van der Waals surface area contributed by atoms with Crippen molar-refractivity contribution in [3.05, 3.63) is 48.1 Å².